The van der Waals surface area contributed by atoms with Gasteiger partial charge in [0, 0.05) is 37.0 Å². The third-order valence-electron chi connectivity index (χ3n) is 3.64. The minimum absolute atomic E-state index is 0.301. The Labute approximate surface area is 161 Å². The van der Waals surface area contributed by atoms with E-state index in [0.717, 1.165) is 0 Å². The summed E-state index contributed by atoms with van der Waals surface area (Å²) < 4.78 is 13.5. The van der Waals surface area contributed by atoms with E-state index < -0.39 is 0 Å². The van der Waals surface area contributed by atoms with Gasteiger partial charge in [0.2, 0.25) is 5.91 Å². The summed E-state index contributed by atoms with van der Waals surface area (Å²) in [6.07, 6.45) is 5.87. The molecule has 142 valence electrons. The van der Waals surface area contributed by atoms with Gasteiger partial charge in [-0.1, -0.05) is 24.3 Å². The first kappa shape index (κ1) is 19.0. The molecule has 0 radical (unpaired) electrons. The number of benzene rings is 1. The van der Waals surface area contributed by atoms with E-state index in [1.807, 2.05) is 18.2 Å². The van der Waals surface area contributed by atoms with Gasteiger partial charge in [0.25, 0.3) is 0 Å². The van der Waals surface area contributed by atoms with Crippen molar-refractivity contribution >= 4 is 29.4 Å². The molecule has 0 saturated heterocycles. The number of nitrogens with zero attached hydrogens (tertiary/aromatic N) is 3. The maximum absolute atomic E-state index is 13.5. The monoisotopic (exact) mass is 378 g/mol. The molecule has 0 saturated carbocycles. The van der Waals surface area contributed by atoms with Crippen LogP contribution < -0.4 is 16.0 Å². The van der Waals surface area contributed by atoms with Crippen molar-refractivity contribution in [2.45, 2.75) is 0 Å². The van der Waals surface area contributed by atoms with Crippen LogP contribution in [-0.4, -0.2) is 33.9 Å². The SMILES string of the molecule is O=C(/C=C/c1ccccc1F)NCCNc1cc(Nc2ccccn2)ncn1. The van der Waals surface area contributed by atoms with E-state index in [0.29, 0.717) is 36.1 Å². The molecule has 0 unspecified atom stereocenters. The standard InChI is InChI=1S/C20H19FN6O/c21-16-6-2-1-5-15(16)8-9-20(28)24-12-11-23-18-13-19(26-14-25-18)27-17-7-3-4-10-22-17/h1-10,13-14H,11-12H2,(H,24,28)(H2,22,23,25,26,27)/b9-8+. The third-order valence-corrected chi connectivity index (χ3v) is 3.64. The Kier molecular flexibility index (Phi) is 6.62. The first-order chi connectivity index (χ1) is 13.7. The number of amides is 1. The summed E-state index contributed by atoms with van der Waals surface area (Å²) in [6.45, 7) is 0.854. The van der Waals surface area contributed by atoms with E-state index in [4.69, 9.17) is 0 Å². The molecule has 0 aliphatic rings. The largest absolute Gasteiger partial charge is 0.368 e. The lowest BCUT2D eigenvalue weighted by molar-refractivity contribution is -0.116. The second kappa shape index (κ2) is 9.77. The molecule has 0 bridgehead atoms. The Morgan fingerprint density at radius 1 is 0.964 bits per heavy atom. The van der Waals surface area contributed by atoms with E-state index in [1.165, 1.54) is 24.5 Å². The van der Waals surface area contributed by atoms with Crippen molar-refractivity contribution in [1.82, 2.24) is 20.3 Å². The molecule has 28 heavy (non-hydrogen) atoms. The summed E-state index contributed by atoms with van der Waals surface area (Å²) in [4.78, 5) is 24.3. The highest BCUT2D eigenvalue weighted by Crippen LogP contribution is 2.13. The van der Waals surface area contributed by atoms with Crippen molar-refractivity contribution in [3.05, 3.63) is 78.5 Å². The van der Waals surface area contributed by atoms with Crippen LogP contribution in [0.1, 0.15) is 5.56 Å². The summed E-state index contributed by atoms with van der Waals surface area (Å²) in [5.74, 6) is 1.23. The van der Waals surface area contributed by atoms with Crippen molar-refractivity contribution in [3.8, 4) is 0 Å². The zero-order chi connectivity index (χ0) is 19.6. The molecule has 2 heterocycles. The molecule has 1 aromatic carbocycles. The summed E-state index contributed by atoms with van der Waals surface area (Å²) in [7, 11) is 0. The predicted octanol–water partition coefficient (Wildman–Crippen LogP) is 3.00. The zero-order valence-electron chi connectivity index (χ0n) is 15.0. The topological polar surface area (TPSA) is 91.8 Å². The maximum Gasteiger partial charge on any atom is 0.244 e. The van der Waals surface area contributed by atoms with Gasteiger partial charge in [-0.3, -0.25) is 4.79 Å². The number of halogens is 1. The highest BCUT2D eigenvalue weighted by atomic mass is 19.1. The van der Waals surface area contributed by atoms with Crippen LogP contribution in [0.5, 0.6) is 0 Å². The van der Waals surface area contributed by atoms with E-state index in [-0.39, 0.29) is 11.7 Å². The summed E-state index contributed by atoms with van der Waals surface area (Å²) >= 11 is 0. The molecule has 3 rings (SSSR count). The molecule has 2 aromatic heterocycles. The number of hydrogen-bond donors (Lipinski definition) is 3. The maximum atomic E-state index is 13.5. The van der Waals surface area contributed by atoms with Crippen LogP contribution in [0.25, 0.3) is 6.08 Å². The molecule has 0 atom stereocenters. The molecular formula is C20H19FN6O. The molecule has 3 aromatic rings. The summed E-state index contributed by atoms with van der Waals surface area (Å²) in [6, 6.07) is 13.5. The van der Waals surface area contributed by atoms with Gasteiger partial charge in [-0.05, 0) is 24.3 Å². The number of carbonyl (C=O) groups excluding carboxylic acids is 1. The van der Waals surface area contributed by atoms with Gasteiger partial charge >= 0.3 is 0 Å². The molecule has 0 fully saturated rings. The minimum atomic E-state index is -0.368. The van der Waals surface area contributed by atoms with Crippen molar-refractivity contribution < 1.29 is 9.18 Å². The minimum Gasteiger partial charge on any atom is -0.368 e. The molecule has 1 amide bonds. The van der Waals surface area contributed by atoms with Crippen LogP contribution in [0.2, 0.25) is 0 Å². The quantitative estimate of drug-likeness (QED) is 0.412. The number of carbonyl (C=O) groups is 1. The van der Waals surface area contributed by atoms with Crippen LogP contribution in [0.15, 0.2) is 67.1 Å². The highest BCUT2D eigenvalue weighted by molar-refractivity contribution is 5.91. The Balaban J connectivity index is 1.43. The van der Waals surface area contributed by atoms with Crippen molar-refractivity contribution in [2.75, 3.05) is 23.7 Å². The number of hydrogen-bond acceptors (Lipinski definition) is 6. The fourth-order valence-electron chi connectivity index (χ4n) is 2.30. The first-order valence-electron chi connectivity index (χ1n) is 8.65. The first-order valence-corrected chi connectivity index (χ1v) is 8.65. The molecule has 3 N–H and O–H groups in total. The highest BCUT2D eigenvalue weighted by Gasteiger charge is 2.01. The zero-order valence-corrected chi connectivity index (χ0v) is 15.0. The van der Waals surface area contributed by atoms with Crippen molar-refractivity contribution in [1.29, 1.82) is 0 Å². The van der Waals surface area contributed by atoms with Gasteiger partial charge < -0.3 is 16.0 Å². The fourth-order valence-corrected chi connectivity index (χ4v) is 2.30. The Bertz CT molecular complexity index is 948. The average Bonchev–Trinajstić information content (AvgIpc) is 2.72. The number of pyridine rings is 1. The molecule has 0 aliphatic heterocycles. The molecule has 8 heteroatoms. The lowest BCUT2D eigenvalue weighted by Gasteiger charge is -2.08. The lowest BCUT2D eigenvalue weighted by atomic mass is 10.2. The number of rotatable bonds is 8. The van der Waals surface area contributed by atoms with Gasteiger partial charge in [-0.2, -0.15) is 0 Å². The number of anilines is 3. The molecular weight excluding hydrogens is 359 g/mol. The van der Waals surface area contributed by atoms with Crippen molar-refractivity contribution in [3.63, 3.8) is 0 Å². The molecule has 0 spiro atoms. The van der Waals surface area contributed by atoms with Crippen LogP contribution >= 0.6 is 0 Å². The van der Waals surface area contributed by atoms with E-state index >= 15 is 0 Å². The van der Waals surface area contributed by atoms with E-state index in [2.05, 4.69) is 30.9 Å². The Hall–Kier alpha value is -3.81. The number of aromatic nitrogens is 3. The molecule has 7 nitrogen and oxygen atoms in total. The van der Waals surface area contributed by atoms with Gasteiger partial charge in [0.05, 0.1) is 0 Å². The fraction of sp³-hybridized carbons (Fsp3) is 0.100. The predicted molar refractivity (Wildman–Crippen MR) is 106 cm³/mol. The Morgan fingerprint density at radius 2 is 1.79 bits per heavy atom. The average molecular weight is 378 g/mol. The normalized spacial score (nSPS) is 10.6. The third kappa shape index (κ3) is 5.87. The van der Waals surface area contributed by atoms with Crippen LogP contribution in [-0.2, 0) is 4.79 Å². The molecule has 0 aliphatic carbocycles. The van der Waals surface area contributed by atoms with Gasteiger partial charge in [-0.25, -0.2) is 19.3 Å². The summed E-state index contributed by atoms with van der Waals surface area (Å²) in [5.41, 5.74) is 0.365. The van der Waals surface area contributed by atoms with Crippen LogP contribution in [0.3, 0.4) is 0 Å². The lowest BCUT2D eigenvalue weighted by Crippen LogP contribution is -2.27. The second-order valence-corrected chi connectivity index (χ2v) is 5.70. The van der Waals surface area contributed by atoms with Gasteiger partial charge in [0.15, 0.2) is 0 Å². The smallest absolute Gasteiger partial charge is 0.244 e. The number of nitrogens with one attached hydrogen (secondary N) is 3. The van der Waals surface area contributed by atoms with Gasteiger partial charge in [-0.15, -0.1) is 0 Å². The van der Waals surface area contributed by atoms with E-state index in [9.17, 15) is 9.18 Å². The van der Waals surface area contributed by atoms with Crippen LogP contribution in [0.4, 0.5) is 21.8 Å². The second-order valence-electron chi connectivity index (χ2n) is 5.70. The Morgan fingerprint density at radius 3 is 2.61 bits per heavy atom. The van der Waals surface area contributed by atoms with Gasteiger partial charge in [0.1, 0.15) is 29.6 Å². The van der Waals surface area contributed by atoms with Crippen molar-refractivity contribution in [2.24, 2.45) is 0 Å². The van der Waals surface area contributed by atoms with E-state index in [1.54, 1.807) is 30.5 Å². The van der Waals surface area contributed by atoms with Crippen LogP contribution in [0, 0.1) is 5.82 Å². The summed E-state index contributed by atoms with van der Waals surface area (Å²) in [5, 5.41) is 8.89.